The van der Waals surface area contributed by atoms with Gasteiger partial charge in [-0.05, 0) is 62.8 Å². The predicted octanol–water partition coefficient (Wildman–Crippen LogP) is 5.15. The topological polar surface area (TPSA) is 69.7 Å². The summed E-state index contributed by atoms with van der Waals surface area (Å²) in [6.45, 7) is 7.86. The van der Waals surface area contributed by atoms with Crippen LogP contribution in [0, 0.1) is 20.8 Å². The molecular weight excluding hydrogens is 388 g/mol. The van der Waals surface area contributed by atoms with Crippen molar-refractivity contribution in [3.63, 3.8) is 0 Å². The van der Waals surface area contributed by atoms with Gasteiger partial charge in [-0.1, -0.05) is 6.92 Å². The average Bonchev–Trinajstić information content (AvgIpc) is 2.69. The number of thioether (sulfide) groups is 1. The summed E-state index contributed by atoms with van der Waals surface area (Å²) in [7, 11) is 2.99. The summed E-state index contributed by atoms with van der Waals surface area (Å²) in [6, 6.07) is 5.85. The van der Waals surface area contributed by atoms with Crippen LogP contribution in [0.25, 0.3) is 0 Å². The van der Waals surface area contributed by atoms with Gasteiger partial charge < -0.3 is 19.5 Å². The van der Waals surface area contributed by atoms with Gasteiger partial charge in [-0.3, -0.25) is 0 Å². The van der Waals surface area contributed by atoms with E-state index < -0.39 is 5.97 Å². The lowest BCUT2D eigenvalue weighted by Gasteiger charge is -2.21. The maximum absolute atomic E-state index is 12.6. The van der Waals surface area contributed by atoms with Crippen LogP contribution in [-0.2, 0) is 4.74 Å². The molecule has 0 bridgehead atoms. The number of ether oxygens (including phenoxy) is 3. The van der Waals surface area contributed by atoms with Crippen LogP contribution in [0.2, 0.25) is 0 Å². The molecule has 1 atom stereocenters. The van der Waals surface area contributed by atoms with E-state index in [1.807, 2.05) is 39.0 Å². The van der Waals surface area contributed by atoms with E-state index in [2.05, 4.69) is 23.5 Å². The molecule has 158 valence electrons. The zero-order valence-corrected chi connectivity index (χ0v) is 19.0. The van der Waals surface area contributed by atoms with E-state index in [9.17, 15) is 4.79 Å². The summed E-state index contributed by atoms with van der Waals surface area (Å²) < 4.78 is 16.5. The Bertz CT molecular complexity index is 847. The number of anilines is 1. The Balaban J connectivity index is 2.55. The monoisotopic (exact) mass is 418 g/mol. The fourth-order valence-corrected chi connectivity index (χ4v) is 3.82. The molecule has 7 heteroatoms. The Hall–Kier alpha value is -2.41. The number of methoxy groups -OCH3 is 2. The van der Waals surface area contributed by atoms with Gasteiger partial charge in [0.2, 0.25) is 5.88 Å². The van der Waals surface area contributed by atoms with Crippen molar-refractivity contribution >= 4 is 23.4 Å². The number of hydrogen-bond donors (Lipinski definition) is 1. The summed E-state index contributed by atoms with van der Waals surface area (Å²) in [5.74, 6) is 2.07. The van der Waals surface area contributed by atoms with Crippen LogP contribution in [0.4, 0.5) is 5.69 Å². The number of carbonyl (C=O) groups excluding carboxylic acids is 1. The molecule has 0 fully saturated rings. The normalized spacial score (nSPS) is 11.7. The second kappa shape index (κ2) is 10.4. The van der Waals surface area contributed by atoms with Gasteiger partial charge in [0.05, 0.1) is 19.9 Å². The van der Waals surface area contributed by atoms with Crippen molar-refractivity contribution < 1.29 is 19.0 Å². The number of aryl methyl sites for hydroxylation is 3. The molecule has 29 heavy (non-hydrogen) atoms. The standard InChI is InChI=1S/C22H30N2O4S/c1-8-16(12-29-7)24-18-11-15(4)23-21(19(18)22(25)27-6)28-20-13(2)9-17(26-5)10-14(20)3/h9-11,16H,8,12H2,1-7H3,(H,23,24). The SMILES string of the molecule is CCC(CSC)Nc1cc(C)nc(Oc2c(C)cc(OC)cc2C)c1C(=O)OC. The lowest BCUT2D eigenvalue weighted by molar-refractivity contribution is 0.0598. The highest BCUT2D eigenvalue weighted by Gasteiger charge is 2.24. The third-order valence-electron chi connectivity index (χ3n) is 4.59. The summed E-state index contributed by atoms with van der Waals surface area (Å²) >= 11 is 1.75. The third-order valence-corrected chi connectivity index (χ3v) is 5.33. The highest BCUT2D eigenvalue weighted by atomic mass is 32.2. The lowest BCUT2D eigenvalue weighted by atomic mass is 10.1. The first-order chi connectivity index (χ1) is 13.8. The van der Waals surface area contributed by atoms with Gasteiger partial charge in [0.1, 0.15) is 17.1 Å². The van der Waals surface area contributed by atoms with Gasteiger partial charge in [-0.15, -0.1) is 0 Å². The van der Waals surface area contributed by atoms with Crippen molar-refractivity contribution in [1.82, 2.24) is 4.98 Å². The number of esters is 1. The van der Waals surface area contributed by atoms with Crippen molar-refractivity contribution in [3.05, 3.63) is 40.6 Å². The van der Waals surface area contributed by atoms with Crippen LogP contribution >= 0.6 is 11.8 Å². The molecule has 2 aromatic rings. The van der Waals surface area contributed by atoms with Gasteiger partial charge in [-0.25, -0.2) is 9.78 Å². The number of nitrogens with zero attached hydrogens (tertiary/aromatic N) is 1. The van der Waals surface area contributed by atoms with Crippen LogP contribution in [0.3, 0.4) is 0 Å². The third kappa shape index (κ3) is 5.56. The summed E-state index contributed by atoms with van der Waals surface area (Å²) in [5.41, 5.74) is 3.50. The maximum atomic E-state index is 12.6. The van der Waals surface area contributed by atoms with Crippen LogP contribution < -0.4 is 14.8 Å². The molecular formula is C22H30N2O4S. The fourth-order valence-electron chi connectivity index (χ4n) is 3.10. The maximum Gasteiger partial charge on any atom is 0.345 e. The molecule has 0 aliphatic carbocycles. The number of benzene rings is 1. The molecule has 0 radical (unpaired) electrons. The number of pyridine rings is 1. The molecule has 6 nitrogen and oxygen atoms in total. The summed E-state index contributed by atoms with van der Waals surface area (Å²) in [4.78, 5) is 17.1. The zero-order valence-electron chi connectivity index (χ0n) is 18.2. The van der Waals surface area contributed by atoms with Crippen molar-refractivity contribution in [2.75, 3.05) is 31.5 Å². The molecule has 0 aliphatic rings. The minimum Gasteiger partial charge on any atom is -0.497 e. The fraction of sp³-hybridized carbons (Fsp3) is 0.455. The second-order valence-corrected chi connectivity index (χ2v) is 7.79. The zero-order chi connectivity index (χ0) is 21.6. The smallest absolute Gasteiger partial charge is 0.345 e. The minimum absolute atomic E-state index is 0.215. The molecule has 1 unspecified atom stereocenters. The van der Waals surface area contributed by atoms with Gasteiger partial charge in [0, 0.05) is 17.5 Å². The Morgan fingerprint density at radius 1 is 1.17 bits per heavy atom. The number of carbonyl (C=O) groups is 1. The molecule has 1 aromatic carbocycles. The summed E-state index contributed by atoms with van der Waals surface area (Å²) in [5, 5.41) is 3.47. The first-order valence-corrected chi connectivity index (χ1v) is 10.9. The molecule has 0 saturated heterocycles. The van der Waals surface area contributed by atoms with E-state index in [0.717, 1.165) is 34.7 Å². The highest BCUT2D eigenvalue weighted by molar-refractivity contribution is 7.98. The van der Waals surface area contributed by atoms with Gasteiger partial charge in [0.25, 0.3) is 0 Å². The number of aromatic nitrogens is 1. The van der Waals surface area contributed by atoms with Crippen LogP contribution in [0.15, 0.2) is 18.2 Å². The van der Waals surface area contributed by atoms with Crippen LogP contribution in [0.5, 0.6) is 17.4 Å². The number of hydrogen-bond acceptors (Lipinski definition) is 7. The largest absolute Gasteiger partial charge is 0.497 e. The molecule has 1 heterocycles. The average molecular weight is 419 g/mol. The minimum atomic E-state index is -0.488. The molecule has 0 spiro atoms. The van der Waals surface area contributed by atoms with E-state index in [1.54, 1.807) is 18.9 Å². The van der Waals surface area contributed by atoms with Gasteiger partial charge in [0.15, 0.2) is 0 Å². The first kappa shape index (κ1) is 22.9. The molecule has 1 N–H and O–H groups in total. The Labute approximate surface area is 177 Å². The molecule has 0 aliphatic heterocycles. The molecule has 1 aromatic heterocycles. The number of nitrogens with one attached hydrogen (secondary N) is 1. The van der Waals surface area contributed by atoms with E-state index in [-0.39, 0.29) is 11.9 Å². The Kier molecular flexibility index (Phi) is 8.20. The molecule has 0 amide bonds. The molecule has 0 saturated carbocycles. The van der Waals surface area contributed by atoms with Crippen molar-refractivity contribution in [2.45, 2.75) is 40.2 Å². The van der Waals surface area contributed by atoms with E-state index in [0.29, 0.717) is 17.0 Å². The highest BCUT2D eigenvalue weighted by Crippen LogP contribution is 2.36. The van der Waals surface area contributed by atoms with Crippen LogP contribution in [-0.4, -0.2) is 43.2 Å². The first-order valence-electron chi connectivity index (χ1n) is 9.53. The predicted molar refractivity (Wildman–Crippen MR) is 119 cm³/mol. The quantitative estimate of drug-likeness (QED) is 0.565. The lowest BCUT2D eigenvalue weighted by Crippen LogP contribution is -2.23. The van der Waals surface area contributed by atoms with Crippen molar-refractivity contribution in [3.8, 4) is 17.4 Å². The van der Waals surface area contributed by atoms with Gasteiger partial charge >= 0.3 is 5.97 Å². The van der Waals surface area contributed by atoms with E-state index >= 15 is 0 Å². The Morgan fingerprint density at radius 3 is 2.34 bits per heavy atom. The van der Waals surface area contributed by atoms with E-state index in [1.165, 1.54) is 7.11 Å². The van der Waals surface area contributed by atoms with Gasteiger partial charge in [-0.2, -0.15) is 11.8 Å². The van der Waals surface area contributed by atoms with Crippen molar-refractivity contribution in [1.29, 1.82) is 0 Å². The van der Waals surface area contributed by atoms with Crippen molar-refractivity contribution in [2.24, 2.45) is 0 Å². The van der Waals surface area contributed by atoms with Crippen LogP contribution in [0.1, 0.15) is 40.5 Å². The summed E-state index contributed by atoms with van der Waals surface area (Å²) in [6.07, 6.45) is 2.99. The van der Waals surface area contributed by atoms with E-state index in [4.69, 9.17) is 14.2 Å². The molecule has 2 rings (SSSR count). The second-order valence-electron chi connectivity index (χ2n) is 6.88. The number of rotatable bonds is 9. The Morgan fingerprint density at radius 2 is 1.83 bits per heavy atom.